The first-order chi connectivity index (χ1) is 19.7. The topological polar surface area (TPSA) is 122 Å². The SMILES string of the molecule is COC(=O)c1c(NC(=O)CSc2cccc(NC(=O)c3cccc4cccc(C(=O)O)c34)c2)sc2c1CCC(C)C2. The summed E-state index contributed by atoms with van der Waals surface area (Å²) in [4.78, 5) is 52.3. The molecule has 1 unspecified atom stereocenters. The number of carboxylic acids is 1. The molecule has 3 N–H and O–H groups in total. The molecule has 2 amide bonds. The number of esters is 1. The molecule has 4 aromatic rings. The van der Waals surface area contributed by atoms with Gasteiger partial charge >= 0.3 is 11.9 Å². The molecule has 0 saturated heterocycles. The largest absolute Gasteiger partial charge is 0.478 e. The van der Waals surface area contributed by atoms with Crippen molar-refractivity contribution in [1.29, 1.82) is 0 Å². The number of fused-ring (bicyclic) bond motifs is 2. The van der Waals surface area contributed by atoms with Gasteiger partial charge in [-0.2, -0.15) is 0 Å². The van der Waals surface area contributed by atoms with Gasteiger partial charge in [0.05, 0.1) is 24.0 Å². The number of methoxy groups -OCH3 is 1. The Balaban J connectivity index is 1.27. The highest BCUT2D eigenvalue weighted by atomic mass is 32.2. The molecule has 210 valence electrons. The number of ether oxygens (including phenoxy) is 1. The minimum absolute atomic E-state index is 0.0556. The summed E-state index contributed by atoms with van der Waals surface area (Å²) in [6.07, 6.45) is 2.66. The van der Waals surface area contributed by atoms with Gasteiger partial charge in [0, 0.05) is 26.4 Å². The number of aromatic carboxylic acids is 1. The standard InChI is InChI=1S/C31H28N2O6S2/c1-17-12-13-21-24(14-17)41-29(27(21)31(38)39-2)33-25(34)16-40-20-9-5-8-19(15-20)32-28(35)22-10-3-6-18-7-4-11-23(26(18)22)30(36)37/h3-11,15,17H,12-14,16H2,1-2H3,(H,32,35)(H,33,34)(H,36,37). The molecule has 0 spiro atoms. The summed E-state index contributed by atoms with van der Waals surface area (Å²) in [5, 5.41) is 16.9. The van der Waals surface area contributed by atoms with Crippen molar-refractivity contribution in [3.8, 4) is 0 Å². The third-order valence-corrected chi connectivity index (χ3v) is 9.16. The number of amides is 2. The summed E-state index contributed by atoms with van der Waals surface area (Å²) in [7, 11) is 1.34. The van der Waals surface area contributed by atoms with Crippen LogP contribution in [0.15, 0.2) is 65.6 Å². The van der Waals surface area contributed by atoms with Crippen molar-refractivity contribution in [1.82, 2.24) is 0 Å². The highest BCUT2D eigenvalue weighted by Crippen LogP contribution is 2.40. The summed E-state index contributed by atoms with van der Waals surface area (Å²) in [5.41, 5.74) is 2.26. The molecular formula is C31H28N2O6S2. The number of carbonyl (C=O) groups is 4. The summed E-state index contributed by atoms with van der Waals surface area (Å²) >= 11 is 2.74. The second-order valence-corrected chi connectivity index (χ2v) is 12.0. The number of carboxylic acid groups (broad SMARTS) is 1. The smallest absolute Gasteiger partial charge is 0.341 e. The molecule has 1 atom stereocenters. The van der Waals surface area contributed by atoms with E-state index in [9.17, 15) is 24.3 Å². The van der Waals surface area contributed by atoms with Gasteiger partial charge in [0.2, 0.25) is 5.91 Å². The molecule has 1 heterocycles. The quantitative estimate of drug-likeness (QED) is 0.159. The molecule has 0 radical (unpaired) electrons. The number of nitrogens with one attached hydrogen (secondary N) is 2. The van der Waals surface area contributed by atoms with Crippen molar-refractivity contribution in [3.05, 3.63) is 87.8 Å². The van der Waals surface area contributed by atoms with Gasteiger partial charge in [-0.3, -0.25) is 9.59 Å². The van der Waals surface area contributed by atoms with Crippen LogP contribution in [0.4, 0.5) is 10.7 Å². The number of hydrogen-bond acceptors (Lipinski definition) is 7. The Bertz CT molecular complexity index is 1670. The van der Waals surface area contributed by atoms with Gasteiger partial charge in [0.15, 0.2) is 0 Å². The van der Waals surface area contributed by atoms with E-state index in [2.05, 4.69) is 17.6 Å². The first-order valence-corrected chi connectivity index (χ1v) is 14.9. The zero-order valence-corrected chi connectivity index (χ0v) is 24.1. The van der Waals surface area contributed by atoms with Crippen molar-refractivity contribution in [2.45, 2.75) is 31.1 Å². The average Bonchev–Trinajstić information content (AvgIpc) is 3.31. The number of carbonyl (C=O) groups excluding carboxylic acids is 3. The Morgan fingerprint density at radius 3 is 2.49 bits per heavy atom. The van der Waals surface area contributed by atoms with Crippen molar-refractivity contribution >= 4 is 68.3 Å². The Morgan fingerprint density at radius 2 is 1.76 bits per heavy atom. The zero-order valence-electron chi connectivity index (χ0n) is 22.5. The predicted octanol–water partition coefficient (Wildman–Crippen LogP) is 6.49. The molecule has 1 aromatic heterocycles. The van der Waals surface area contributed by atoms with E-state index >= 15 is 0 Å². The molecule has 10 heteroatoms. The van der Waals surface area contributed by atoms with Crippen LogP contribution in [0.3, 0.4) is 0 Å². The van der Waals surface area contributed by atoms with Crippen LogP contribution in [0.1, 0.15) is 54.9 Å². The number of anilines is 2. The highest BCUT2D eigenvalue weighted by molar-refractivity contribution is 8.00. The van der Waals surface area contributed by atoms with Crippen LogP contribution in [0, 0.1) is 5.92 Å². The Hall–Kier alpha value is -4.15. The van der Waals surface area contributed by atoms with Crippen molar-refractivity contribution in [3.63, 3.8) is 0 Å². The van der Waals surface area contributed by atoms with Crippen LogP contribution in [0.5, 0.6) is 0 Å². The molecule has 0 saturated carbocycles. The van der Waals surface area contributed by atoms with Crippen molar-refractivity contribution in [2.24, 2.45) is 5.92 Å². The lowest BCUT2D eigenvalue weighted by Crippen LogP contribution is -2.17. The van der Waals surface area contributed by atoms with Crippen LogP contribution in [-0.4, -0.2) is 41.7 Å². The van der Waals surface area contributed by atoms with E-state index in [1.54, 1.807) is 48.5 Å². The van der Waals surface area contributed by atoms with Crippen LogP contribution in [-0.2, 0) is 22.4 Å². The van der Waals surface area contributed by atoms with Crippen LogP contribution < -0.4 is 10.6 Å². The molecule has 0 bridgehead atoms. The molecule has 0 aliphatic heterocycles. The summed E-state index contributed by atoms with van der Waals surface area (Å²) < 4.78 is 5.01. The fourth-order valence-electron chi connectivity index (χ4n) is 5.04. The molecule has 1 aliphatic carbocycles. The normalized spacial score (nSPS) is 14.2. The van der Waals surface area contributed by atoms with Gasteiger partial charge in [-0.15, -0.1) is 23.1 Å². The Kier molecular flexibility index (Phi) is 8.41. The maximum atomic E-state index is 13.2. The fraction of sp³-hybridized carbons (Fsp3) is 0.226. The van der Waals surface area contributed by atoms with E-state index in [4.69, 9.17) is 4.74 Å². The lowest BCUT2D eigenvalue weighted by molar-refractivity contribution is -0.113. The molecule has 3 aromatic carbocycles. The van der Waals surface area contributed by atoms with Crippen molar-refractivity contribution < 1.29 is 29.0 Å². The number of rotatable bonds is 8. The lowest BCUT2D eigenvalue weighted by atomic mass is 9.88. The lowest BCUT2D eigenvalue weighted by Gasteiger charge is -2.18. The highest BCUT2D eigenvalue weighted by Gasteiger charge is 2.29. The van der Waals surface area contributed by atoms with Gasteiger partial charge in [-0.25, -0.2) is 9.59 Å². The van der Waals surface area contributed by atoms with E-state index in [0.717, 1.165) is 34.6 Å². The molecule has 41 heavy (non-hydrogen) atoms. The maximum absolute atomic E-state index is 13.2. The second kappa shape index (κ2) is 12.2. The van der Waals surface area contributed by atoms with E-state index in [-0.39, 0.29) is 22.8 Å². The van der Waals surface area contributed by atoms with E-state index in [1.165, 1.54) is 36.3 Å². The van der Waals surface area contributed by atoms with Gasteiger partial charge in [-0.1, -0.05) is 37.3 Å². The van der Waals surface area contributed by atoms with Crippen molar-refractivity contribution in [2.75, 3.05) is 23.5 Å². The van der Waals surface area contributed by atoms with E-state index in [1.807, 2.05) is 6.07 Å². The van der Waals surface area contributed by atoms with Gasteiger partial charge < -0.3 is 20.5 Å². The van der Waals surface area contributed by atoms with Gasteiger partial charge in [0.25, 0.3) is 5.91 Å². The number of benzene rings is 3. The first-order valence-electron chi connectivity index (χ1n) is 13.1. The predicted molar refractivity (Wildman–Crippen MR) is 162 cm³/mol. The van der Waals surface area contributed by atoms with Gasteiger partial charge in [0.1, 0.15) is 5.00 Å². The third-order valence-electron chi connectivity index (χ3n) is 7.00. The average molecular weight is 589 g/mol. The maximum Gasteiger partial charge on any atom is 0.341 e. The monoisotopic (exact) mass is 588 g/mol. The number of thiophene rings is 1. The van der Waals surface area contributed by atoms with Crippen LogP contribution in [0.2, 0.25) is 0 Å². The Labute approximate surface area is 245 Å². The molecule has 8 nitrogen and oxygen atoms in total. The van der Waals surface area contributed by atoms with E-state index < -0.39 is 17.8 Å². The van der Waals surface area contributed by atoms with Crippen LogP contribution >= 0.6 is 23.1 Å². The second-order valence-electron chi connectivity index (χ2n) is 9.88. The molecule has 5 rings (SSSR count). The number of hydrogen-bond donors (Lipinski definition) is 3. The molecular weight excluding hydrogens is 560 g/mol. The van der Waals surface area contributed by atoms with Crippen LogP contribution in [0.25, 0.3) is 10.8 Å². The minimum atomic E-state index is -1.11. The zero-order chi connectivity index (χ0) is 29.1. The Morgan fingerprint density at radius 1 is 1.02 bits per heavy atom. The minimum Gasteiger partial charge on any atom is -0.478 e. The summed E-state index contributed by atoms with van der Waals surface area (Å²) in [6, 6.07) is 17.0. The van der Waals surface area contributed by atoms with Gasteiger partial charge in [-0.05, 0) is 66.5 Å². The summed E-state index contributed by atoms with van der Waals surface area (Å²) in [5.74, 6) is -1.61. The number of thioether (sulfide) groups is 1. The first kappa shape index (κ1) is 28.4. The summed E-state index contributed by atoms with van der Waals surface area (Å²) in [6.45, 7) is 2.18. The third kappa shape index (κ3) is 6.13. The fourth-order valence-corrected chi connectivity index (χ4v) is 7.21. The molecule has 0 fully saturated rings. The van der Waals surface area contributed by atoms with E-state index in [0.29, 0.717) is 32.9 Å². The molecule has 1 aliphatic rings.